The van der Waals surface area contributed by atoms with Gasteiger partial charge in [-0.15, -0.1) is 24.0 Å². The maximum Gasteiger partial charge on any atom is 0.190 e. The van der Waals surface area contributed by atoms with Crippen molar-refractivity contribution in [2.75, 3.05) is 0 Å². The van der Waals surface area contributed by atoms with Crippen molar-refractivity contribution < 1.29 is 4.79 Å². The zero-order valence-corrected chi connectivity index (χ0v) is 30.1. The van der Waals surface area contributed by atoms with E-state index in [1.807, 2.05) is 73.7 Å². The predicted octanol–water partition coefficient (Wildman–Crippen LogP) is 11.8. The summed E-state index contributed by atoms with van der Waals surface area (Å²) in [5.74, 6) is 0.158. The van der Waals surface area contributed by atoms with Gasteiger partial charge in [-0.1, -0.05) is 138 Å². The maximum atomic E-state index is 13.2. The van der Waals surface area contributed by atoms with Crippen LogP contribution in [0, 0.1) is 0 Å². The lowest BCUT2D eigenvalue weighted by atomic mass is 9.81. The van der Waals surface area contributed by atoms with Crippen molar-refractivity contribution in [2.45, 2.75) is 50.3 Å². The third-order valence-electron chi connectivity index (χ3n) is 9.11. The standard InChI is InChI=1S/C31H28OS.C13H15NS/c1-6-7-8-9-12-20-15-16-23-25(17-20)31(4,5)27-19-21(33-29(23)27)18-26-28(32)22-13-10-11-14-24(22)30(26,2)3;1-3-6-11(14)9-10(2)12-7-4-5-8-13(12)15/h6-19H,1H2,2-5H3;3-9,15H,1,14H2,2H3/b8-7-,12-9-,26-18+;10-9+,11-6+. The first-order chi connectivity index (χ1) is 22.9. The van der Waals surface area contributed by atoms with Gasteiger partial charge >= 0.3 is 0 Å². The summed E-state index contributed by atoms with van der Waals surface area (Å²) in [6, 6.07) is 25.0. The molecule has 2 nitrogen and oxygen atoms in total. The van der Waals surface area contributed by atoms with E-state index in [-0.39, 0.29) is 16.6 Å². The van der Waals surface area contributed by atoms with Crippen molar-refractivity contribution in [1.82, 2.24) is 0 Å². The van der Waals surface area contributed by atoms with Crippen LogP contribution in [-0.4, -0.2) is 5.78 Å². The quantitative estimate of drug-likeness (QED) is 0.117. The van der Waals surface area contributed by atoms with Crippen molar-refractivity contribution in [3.8, 4) is 10.4 Å². The highest BCUT2D eigenvalue weighted by atomic mass is 32.1. The van der Waals surface area contributed by atoms with E-state index >= 15 is 0 Å². The van der Waals surface area contributed by atoms with Crippen LogP contribution in [0.2, 0.25) is 0 Å². The predicted molar refractivity (Wildman–Crippen MR) is 212 cm³/mol. The molecule has 0 atom stereocenters. The molecule has 1 aromatic heterocycles. The van der Waals surface area contributed by atoms with Gasteiger partial charge in [-0.3, -0.25) is 4.79 Å². The monoisotopic (exact) mass is 665 g/mol. The topological polar surface area (TPSA) is 43.1 Å². The number of rotatable bonds is 7. The van der Waals surface area contributed by atoms with Gasteiger partial charge in [-0.2, -0.15) is 0 Å². The molecule has 0 amide bonds. The molecule has 4 aromatic rings. The van der Waals surface area contributed by atoms with Gasteiger partial charge in [0.2, 0.25) is 0 Å². The van der Waals surface area contributed by atoms with E-state index in [4.69, 9.17) is 5.73 Å². The average Bonchev–Trinajstić information content (AvgIpc) is 3.64. The minimum atomic E-state index is -0.281. The van der Waals surface area contributed by atoms with Crippen LogP contribution in [0.5, 0.6) is 0 Å². The fraction of sp³-hybridized carbons (Fsp3) is 0.159. The summed E-state index contributed by atoms with van der Waals surface area (Å²) >= 11 is 6.19. The van der Waals surface area contributed by atoms with E-state index in [1.54, 1.807) is 29.6 Å². The highest BCUT2D eigenvalue weighted by Crippen LogP contribution is 2.53. The number of allylic oxidation sites excluding steroid dienone is 9. The minimum absolute atomic E-state index is 0.0725. The van der Waals surface area contributed by atoms with Crippen LogP contribution in [0.25, 0.3) is 28.2 Å². The molecule has 1 heterocycles. The number of fused-ring (bicyclic) bond motifs is 4. The first kappa shape index (κ1) is 34.7. The van der Waals surface area contributed by atoms with E-state index in [0.29, 0.717) is 5.70 Å². The highest BCUT2D eigenvalue weighted by Gasteiger charge is 2.41. The number of benzene rings is 3. The zero-order valence-electron chi connectivity index (χ0n) is 28.4. The number of thiol groups is 1. The Morgan fingerprint density at radius 1 is 0.812 bits per heavy atom. The maximum absolute atomic E-state index is 13.2. The van der Waals surface area contributed by atoms with E-state index < -0.39 is 0 Å². The molecule has 0 radical (unpaired) electrons. The highest BCUT2D eigenvalue weighted by molar-refractivity contribution is 7.80. The number of carbonyl (C=O) groups is 1. The van der Waals surface area contributed by atoms with Gasteiger partial charge in [-0.05, 0) is 76.2 Å². The second-order valence-electron chi connectivity index (χ2n) is 13.1. The Hall–Kier alpha value is -4.64. The van der Waals surface area contributed by atoms with Gasteiger partial charge in [0, 0.05) is 42.3 Å². The number of hydrogen-bond acceptors (Lipinski definition) is 4. The smallest absolute Gasteiger partial charge is 0.190 e. The first-order valence-electron chi connectivity index (χ1n) is 16.1. The van der Waals surface area contributed by atoms with Crippen LogP contribution in [0.3, 0.4) is 0 Å². The Kier molecular flexibility index (Phi) is 10.3. The lowest BCUT2D eigenvalue weighted by Gasteiger charge is -2.21. The average molecular weight is 666 g/mol. The molecule has 0 fully saturated rings. The van der Waals surface area contributed by atoms with Crippen molar-refractivity contribution in [3.63, 3.8) is 0 Å². The fourth-order valence-corrected chi connectivity index (χ4v) is 8.13. The van der Waals surface area contributed by atoms with Gasteiger partial charge in [0.25, 0.3) is 0 Å². The first-order valence-corrected chi connectivity index (χ1v) is 17.3. The summed E-state index contributed by atoms with van der Waals surface area (Å²) in [7, 11) is 0. The molecular formula is C44H43NOS2. The zero-order chi connectivity index (χ0) is 34.6. The van der Waals surface area contributed by atoms with E-state index in [9.17, 15) is 4.79 Å². The second-order valence-corrected chi connectivity index (χ2v) is 14.7. The Morgan fingerprint density at radius 3 is 2.25 bits per heavy atom. The number of hydrogen-bond donors (Lipinski definition) is 2. The number of ketones is 1. The summed E-state index contributed by atoms with van der Waals surface area (Å²) in [6.45, 7) is 18.2. The fourth-order valence-electron chi connectivity index (χ4n) is 6.49. The van der Waals surface area contributed by atoms with E-state index in [2.05, 4.69) is 96.0 Å². The Balaban J connectivity index is 0.000000253. The lowest BCUT2D eigenvalue weighted by molar-refractivity contribution is 0.103. The molecule has 0 spiro atoms. The normalized spacial score (nSPS) is 16.9. The summed E-state index contributed by atoms with van der Waals surface area (Å²) in [5.41, 5.74) is 16.4. The molecule has 242 valence electrons. The summed E-state index contributed by atoms with van der Waals surface area (Å²) < 4.78 is 0. The van der Waals surface area contributed by atoms with Gasteiger partial charge in [0.05, 0.1) is 0 Å². The Labute approximate surface area is 295 Å². The molecule has 48 heavy (non-hydrogen) atoms. The SMILES string of the molecule is C=C/C=C(N)\C=C(/C)c1ccccc1S.C=C/C=C\C=C/c1ccc2c(c1)C(C)(C)c1cc(/C=C3\C(=O)c4ccccc4C3(C)C)sc1-2. The van der Waals surface area contributed by atoms with Crippen molar-refractivity contribution >= 4 is 47.5 Å². The number of carbonyl (C=O) groups excluding carboxylic acids is 1. The summed E-state index contributed by atoms with van der Waals surface area (Å²) in [4.78, 5) is 16.6. The summed E-state index contributed by atoms with van der Waals surface area (Å²) in [6.07, 6.45) is 17.4. The molecular weight excluding hydrogens is 623 g/mol. The molecule has 2 aliphatic carbocycles. The third kappa shape index (κ3) is 6.82. The van der Waals surface area contributed by atoms with Crippen LogP contribution < -0.4 is 5.73 Å². The lowest BCUT2D eigenvalue weighted by Crippen LogP contribution is -2.16. The Bertz CT molecular complexity index is 2060. The van der Waals surface area contributed by atoms with Gasteiger partial charge in [-0.25, -0.2) is 0 Å². The molecule has 0 saturated heterocycles. The van der Waals surface area contributed by atoms with Crippen LogP contribution >= 0.6 is 24.0 Å². The minimum Gasteiger partial charge on any atom is -0.399 e. The van der Waals surface area contributed by atoms with Gasteiger partial charge in [0.15, 0.2) is 5.78 Å². The van der Waals surface area contributed by atoms with E-state index in [1.165, 1.54) is 27.1 Å². The Morgan fingerprint density at radius 2 is 1.54 bits per heavy atom. The molecule has 4 heteroatoms. The molecule has 0 saturated carbocycles. The third-order valence-corrected chi connectivity index (χ3v) is 10.6. The van der Waals surface area contributed by atoms with Crippen LogP contribution in [-0.2, 0) is 10.8 Å². The number of Topliss-reactive ketones (excluding diaryl/α,β-unsaturated/α-hetero) is 1. The number of thiophene rings is 1. The number of nitrogens with two attached hydrogens (primary N) is 1. The van der Waals surface area contributed by atoms with Gasteiger partial charge in [0.1, 0.15) is 0 Å². The molecule has 6 rings (SSSR count). The van der Waals surface area contributed by atoms with Crippen LogP contribution in [0.4, 0.5) is 0 Å². The largest absolute Gasteiger partial charge is 0.399 e. The van der Waals surface area contributed by atoms with Crippen LogP contribution in [0.15, 0.2) is 145 Å². The molecule has 0 unspecified atom stereocenters. The second kappa shape index (κ2) is 14.2. The van der Waals surface area contributed by atoms with Crippen molar-refractivity contribution in [1.29, 1.82) is 0 Å². The van der Waals surface area contributed by atoms with Gasteiger partial charge < -0.3 is 5.73 Å². The van der Waals surface area contributed by atoms with Crippen molar-refractivity contribution in [2.24, 2.45) is 5.73 Å². The van der Waals surface area contributed by atoms with Crippen molar-refractivity contribution in [3.05, 3.63) is 178 Å². The molecule has 0 bridgehead atoms. The molecule has 2 aliphatic rings. The summed E-state index contributed by atoms with van der Waals surface area (Å²) in [5, 5.41) is 0. The molecule has 0 aliphatic heterocycles. The van der Waals surface area contributed by atoms with Crippen LogP contribution in [0.1, 0.15) is 77.7 Å². The molecule has 2 N–H and O–H groups in total. The van der Waals surface area contributed by atoms with E-state index in [0.717, 1.165) is 37.6 Å². The molecule has 3 aromatic carbocycles.